The molecule has 0 bridgehead atoms. The minimum absolute atomic E-state index is 0.415. The van der Waals surface area contributed by atoms with Crippen LogP contribution in [0.3, 0.4) is 0 Å². The second kappa shape index (κ2) is 7.67. The monoisotopic (exact) mass is 242 g/mol. The average Bonchev–Trinajstić information content (AvgIpc) is 2.42. The summed E-state index contributed by atoms with van der Waals surface area (Å²) in [6.07, 6.45) is 0.256. The molecule has 0 amide bonds. The molecule has 0 aliphatic heterocycles. The lowest BCUT2D eigenvalue weighted by atomic mass is 10.0. The molecule has 0 radical (unpaired) electrons. The zero-order chi connectivity index (χ0) is 13.4. The topological polar surface area (TPSA) is 20.2 Å². The fourth-order valence-corrected chi connectivity index (χ4v) is 1.83. The summed E-state index contributed by atoms with van der Waals surface area (Å²) in [5.74, 6) is 0. The zero-order valence-corrected chi connectivity index (χ0v) is 11.4. The van der Waals surface area contributed by atoms with Gasteiger partial charge in [0.05, 0.1) is 6.10 Å². The van der Waals surface area contributed by atoms with Gasteiger partial charge in [0.2, 0.25) is 0 Å². The van der Waals surface area contributed by atoms with Crippen molar-refractivity contribution in [2.24, 2.45) is 0 Å². The van der Waals surface area contributed by atoms with Crippen molar-refractivity contribution in [3.8, 4) is 0 Å². The molecule has 18 heavy (non-hydrogen) atoms. The number of benzene rings is 2. The predicted molar refractivity (Wildman–Crippen MR) is 77.6 cm³/mol. The van der Waals surface area contributed by atoms with Crippen LogP contribution in [0.25, 0.3) is 0 Å². The Kier molecular flexibility index (Phi) is 6.16. The van der Waals surface area contributed by atoms with Gasteiger partial charge in [-0.3, -0.25) is 0 Å². The standard InChI is InChI=1S/C15H16O.C2H6/c1-12-6-5-9-14(10-12)15(16)11-13-7-3-2-4-8-13;1-2/h2-10,15-16H,11H2,1H3;1-2H3. The Morgan fingerprint density at radius 2 is 1.61 bits per heavy atom. The molecule has 0 aliphatic carbocycles. The number of aliphatic hydroxyl groups excluding tert-OH is 1. The molecule has 0 aliphatic rings. The van der Waals surface area contributed by atoms with Crippen LogP contribution in [0.2, 0.25) is 0 Å². The number of rotatable bonds is 3. The summed E-state index contributed by atoms with van der Waals surface area (Å²) in [6, 6.07) is 18.1. The molecule has 0 saturated heterocycles. The van der Waals surface area contributed by atoms with E-state index < -0.39 is 6.10 Å². The van der Waals surface area contributed by atoms with Gasteiger partial charge in [0.15, 0.2) is 0 Å². The fourth-order valence-electron chi connectivity index (χ4n) is 1.83. The minimum Gasteiger partial charge on any atom is -0.388 e. The van der Waals surface area contributed by atoms with E-state index in [1.54, 1.807) is 0 Å². The van der Waals surface area contributed by atoms with Gasteiger partial charge in [0, 0.05) is 6.42 Å². The van der Waals surface area contributed by atoms with Crippen LogP contribution in [0.1, 0.15) is 36.6 Å². The molecule has 1 nitrogen and oxygen atoms in total. The molecule has 1 atom stereocenters. The number of hydrogen-bond donors (Lipinski definition) is 1. The van der Waals surface area contributed by atoms with E-state index in [-0.39, 0.29) is 0 Å². The molecular formula is C17H22O. The van der Waals surface area contributed by atoms with Crippen LogP contribution >= 0.6 is 0 Å². The minimum atomic E-state index is -0.415. The first-order valence-corrected chi connectivity index (χ1v) is 6.54. The van der Waals surface area contributed by atoms with Crippen LogP contribution in [-0.4, -0.2) is 5.11 Å². The highest BCUT2D eigenvalue weighted by molar-refractivity contribution is 5.26. The second-order valence-electron chi connectivity index (χ2n) is 4.12. The SMILES string of the molecule is CC.Cc1cccc(C(O)Cc2ccccc2)c1. The van der Waals surface area contributed by atoms with E-state index in [2.05, 4.69) is 0 Å². The molecule has 1 heteroatoms. The van der Waals surface area contributed by atoms with Crippen molar-refractivity contribution in [2.75, 3.05) is 0 Å². The Morgan fingerprint density at radius 3 is 2.22 bits per heavy atom. The Labute approximate surface area is 110 Å². The molecule has 1 N–H and O–H groups in total. The maximum absolute atomic E-state index is 10.1. The maximum Gasteiger partial charge on any atom is 0.0830 e. The largest absolute Gasteiger partial charge is 0.388 e. The van der Waals surface area contributed by atoms with Crippen LogP contribution in [0.5, 0.6) is 0 Å². The van der Waals surface area contributed by atoms with Gasteiger partial charge in [-0.25, -0.2) is 0 Å². The predicted octanol–water partition coefficient (Wildman–Crippen LogP) is 4.30. The summed E-state index contributed by atoms with van der Waals surface area (Å²) < 4.78 is 0. The number of hydrogen-bond acceptors (Lipinski definition) is 1. The summed E-state index contributed by atoms with van der Waals surface area (Å²) in [4.78, 5) is 0. The van der Waals surface area contributed by atoms with Gasteiger partial charge in [-0.1, -0.05) is 74.0 Å². The van der Waals surface area contributed by atoms with E-state index in [4.69, 9.17) is 0 Å². The lowest BCUT2D eigenvalue weighted by molar-refractivity contribution is 0.178. The van der Waals surface area contributed by atoms with Crippen molar-refractivity contribution in [3.05, 3.63) is 71.3 Å². The Morgan fingerprint density at radius 1 is 0.944 bits per heavy atom. The van der Waals surface area contributed by atoms with Crippen molar-refractivity contribution in [3.63, 3.8) is 0 Å². The van der Waals surface area contributed by atoms with Crippen LogP contribution in [0.15, 0.2) is 54.6 Å². The quantitative estimate of drug-likeness (QED) is 0.851. The van der Waals surface area contributed by atoms with E-state index >= 15 is 0 Å². The highest BCUT2D eigenvalue weighted by atomic mass is 16.3. The Balaban J connectivity index is 0.000000771. The third kappa shape index (κ3) is 4.34. The molecule has 0 saturated carbocycles. The van der Waals surface area contributed by atoms with Crippen molar-refractivity contribution < 1.29 is 5.11 Å². The smallest absolute Gasteiger partial charge is 0.0830 e. The highest BCUT2D eigenvalue weighted by Crippen LogP contribution is 2.18. The van der Waals surface area contributed by atoms with Crippen molar-refractivity contribution in [1.29, 1.82) is 0 Å². The molecule has 0 aromatic heterocycles. The van der Waals surface area contributed by atoms with E-state index in [9.17, 15) is 5.11 Å². The van der Waals surface area contributed by atoms with Crippen molar-refractivity contribution in [1.82, 2.24) is 0 Å². The third-order valence-electron chi connectivity index (χ3n) is 2.70. The van der Waals surface area contributed by atoms with Gasteiger partial charge in [0.25, 0.3) is 0 Å². The van der Waals surface area contributed by atoms with Gasteiger partial charge in [0.1, 0.15) is 0 Å². The van der Waals surface area contributed by atoms with Gasteiger partial charge in [-0.2, -0.15) is 0 Å². The maximum atomic E-state index is 10.1. The molecular weight excluding hydrogens is 220 g/mol. The zero-order valence-electron chi connectivity index (χ0n) is 11.4. The number of aryl methyl sites for hydroxylation is 1. The molecule has 2 aromatic carbocycles. The van der Waals surface area contributed by atoms with E-state index in [0.717, 1.165) is 11.1 Å². The Hall–Kier alpha value is -1.60. The summed E-state index contributed by atoms with van der Waals surface area (Å²) in [6.45, 7) is 6.04. The molecule has 96 valence electrons. The molecule has 0 heterocycles. The van der Waals surface area contributed by atoms with Gasteiger partial charge >= 0.3 is 0 Å². The average molecular weight is 242 g/mol. The highest BCUT2D eigenvalue weighted by Gasteiger charge is 2.07. The normalized spacial score (nSPS) is 11.3. The first-order chi connectivity index (χ1) is 8.75. The number of aliphatic hydroxyl groups is 1. The summed E-state index contributed by atoms with van der Waals surface area (Å²) >= 11 is 0. The first-order valence-electron chi connectivity index (χ1n) is 6.54. The van der Waals surface area contributed by atoms with Gasteiger partial charge in [-0.15, -0.1) is 0 Å². The van der Waals surface area contributed by atoms with E-state index in [1.165, 1.54) is 5.56 Å². The van der Waals surface area contributed by atoms with Crippen LogP contribution in [-0.2, 0) is 6.42 Å². The fraction of sp³-hybridized carbons (Fsp3) is 0.294. The van der Waals surface area contributed by atoms with Gasteiger partial charge < -0.3 is 5.11 Å². The molecule has 0 fully saturated rings. The van der Waals surface area contributed by atoms with Gasteiger partial charge in [-0.05, 0) is 18.1 Å². The van der Waals surface area contributed by atoms with E-state index in [1.807, 2.05) is 75.4 Å². The van der Waals surface area contributed by atoms with Crippen LogP contribution in [0, 0.1) is 6.92 Å². The Bertz CT molecular complexity index is 448. The summed E-state index contributed by atoms with van der Waals surface area (Å²) in [5.41, 5.74) is 3.34. The van der Waals surface area contributed by atoms with Crippen molar-refractivity contribution >= 4 is 0 Å². The molecule has 2 rings (SSSR count). The van der Waals surface area contributed by atoms with Crippen LogP contribution < -0.4 is 0 Å². The molecule has 0 spiro atoms. The third-order valence-corrected chi connectivity index (χ3v) is 2.70. The van der Waals surface area contributed by atoms with Crippen molar-refractivity contribution in [2.45, 2.75) is 33.3 Å². The lowest BCUT2D eigenvalue weighted by Crippen LogP contribution is -2.01. The summed E-state index contributed by atoms with van der Waals surface area (Å²) in [5, 5.41) is 10.1. The molecule has 2 aromatic rings. The first kappa shape index (κ1) is 14.5. The van der Waals surface area contributed by atoms with E-state index in [0.29, 0.717) is 6.42 Å². The lowest BCUT2D eigenvalue weighted by Gasteiger charge is -2.11. The second-order valence-corrected chi connectivity index (χ2v) is 4.12. The molecule has 1 unspecified atom stereocenters. The van der Waals surface area contributed by atoms with Crippen LogP contribution in [0.4, 0.5) is 0 Å². The summed E-state index contributed by atoms with van der Waals surface area (Å²) in [7, 11) is 0.